The van der Waals surface area contributed by atoms with Crippen molar-refractivity contribution in [3.63, 3.8) is 0 Å². The number of fused-ring (bicyclic) bond motifs is 1. The molecule has 1 heterocycles. The summed E-state index contributed by atoms with van der Waals surface area (Å²) in [7, 11) is -1.33. The summed E-state index contributed by atoms with van der Waals surface area (Å²) in [5.74, 6) is 0.820. The van der Waals surface area contributed by atoms with Crippen LogP contribution >= 0.6 is 0 Å². The van der Waals surface area contributed by atoms with Crippen molar-refractivity contribution in [2.45, 2.75) is 18.7 Å². The maximum atomic E-state index is 12.7. The summed E-state index contributed by atoms with van der Waals surface area (Å²) in [6, 6.07) is 8.42. The Hall–Kier alpha value is -3.40. The molecule has 0 atom stereocenters. The quantitative estimate of drug-likeness (QED) is 0.339. The van der Waals surface area contributed by atoms with Gasteiger partial charge in [-0.3, -0.25) is 10.1 Å². The average Bonchev–Trinajstić information content (AvgIpc) is 2.66. The second kappa shape index (κ2) is 7.55. The second-order valence-corrected chi connectivity index (χ2v) is 7.73. The minimum atomic E-state index is -4.34. The Kier molecular flexibility index (Phi) is 5.29. The Morgan fingerprint density at radius 2 is 1.66 bits per heavy atom. The average molecular weight is 418 g/mol. The van der Waals surface area contributed by atoms with E-state index in [0.717, 1.165) is 11.5 Å². The molecule has 1 aromatic heterocycles. The molecule has 0 fully saturated rings. The summed E-state index contributed by atoms with van der Waals surface area (Å²) in [6.45, 7) is 3.22. The SMILES string of the molecule is COc1cc2cc(OS(=O)(=O)c3cc([N+](=O)[O-])ccc3C)nc(C)c2cc1OC. The van der Waals surface area contributed by atoms with Gasteiger partial charge < -0.3 is 13.7 Å². The van der Waals surface area contributed by atoms with Crippen LogP contribution in [0.25, 0.3) is 10.8 Å². The van der Waals surface area contributed by atoms with Gasteiger partial charge in [0.2, 0.25) is 5.88 Å². The molecule has 0 bridgehead atoms. The standard InChI is InChI=1S/C19H18N2O7S/c1-11-5-6-14(21(22)23)9-18(11)29(24,25)28-19-8-13-7-16(26-3)17(27-4)10-15(13)12(2)20-19/h5-10H,1-4H3. The highest BCUT2D eigenvalue weighted by molar-refractivity contribution is 7.87. The molecule has 0 aliphatic carbocycles. The lowest BCUT2D eigenvalue weighted by atomic mass is 10.1. The van der Waals surface area contributed by atoms with E-state index >= 15 is 0 Å². The molecular formula is C19H18N2O7S. The molecule has 3 rings (SSSR count). The van der Waals surface area contributed by atoms with Gasteiger partial charge in [-0.1, -0.05) is 6.07 Å². The van der Waals surface area contributed by atoms with E-state index in [9.17, 15) is 18.5 Å². The van der Waals surface area contributed by atoms with Crippen LogP contribution in [0.3, 0.4) is 0 Å². The number of nitro benzene ring substituents is 1. The maximum absolute atomic E-state index is 12.7. The zero-order chi connectivity index (χ0) is 21.3. The number of hydrogen-bond acceptors (Lipinski definition) is 8. The van der Waals surface area contributed by atoms with Gasteiger partial charge in [0.05, 0.1) is 19.1 Å². The lowest BCUT2D eigenvalue weighted by Crippen LogP contribution is -2.13. The third-order valence-corrected chi connectivity index (χ3v) is 5.72. The van der Waals surface area contributed by atoms with Crippen LogP contribution < -0.4 is 13.7 Å². The van der Waals surface area contributed by atoms with Crippen LogP contribution in [0.1, 0.15) is 11.3 Å². The van der Waals surface area contributed by atoms with Crippen molar-refractivity contribution in [2.75, 3.05) is 14.2 Å². The Morgan fingerprint density at radius 3 is 2.28 bits per heavy atom. The van der Waals surface area contributed by atoms with Crippen molar-refractivity contribution < 1.29 is 27.0 Å². The number of benzene rings is 2. The molecule has 3 aromatic rings. The van der Waals surface area contributed by atoms with Crippen molar-refractivity contribution in [3.05, 3.63) is 57.8 Å². The Bertz CT molecular complexity index is 1220. The molecular weight excluding hydrogens is 400 g/mol. The van der Waals surface area contributed by atoms with Crippen LogP contribution in [-0.2, 0) is 10.1 Å². The Balaban J connectivity index is 2.08. The van der Waals surface area contributed by atoms with Gasteiger partial charge in [0, 0.05) is 29.3 Å². The lowest BCUT2D eigenvalue weighted by Gasteiger charge is -2.13. The van der Waals surface area contributed by atoms with Crippen molar-refractivity contribution in [1.29, 1.82) is 0 Å². The number of methoxy groups -OCH3 is 2. The Morgan fingerprint density at radius 1 is 1.00 bits per heavy atom. The number of hydrogen-bond donors (Lipinski definition) is 0. The first-order valence-electron chi connectivity index (χ1n) is 8.39. The lowest BCUT2D eigenvalue weighted by molar-refractivity contribution is -0.385. The van der Waals surface area contributed by atoms with Crippen LogP contribution in [-0.4, -0.2) is 32.5 Å². The second-order valence-electron chi connectivity index (χ2n) is 6.22. The zero-order valence-corrected chi connectivity index (χ0v) is 16.9. The number of nitro groups is 1. The van der Waals surface area contributed by atoms with Gasteiger partial charge in [-0.05, 0) is 36.9 Å². The molecule has 0 radical (unpaired) electrons. The third-order valence-electron chi connectivity index (χ3n) is 4.35. The minimum Gasteiger partial charge on any atom is -0.493 e. The number of ether oxygens (including phenoxy) is 2. The summed E-state index contributed by atoms with van der Waals surface area (Å²) in [4.78, 5) is 14.2. The topological polar surface area (TPSA) is 118 Å². The highest BCUT2D eigenvalue weighted by Crippen LogP contribution is 2.35. The molecule has 0 unspecified atom stereocenters. The smallest absolute Gasteiger partial charge is 0.341 e. The van der Waals surface area contributed by atoms with E-state index in [1.807, 2.05) is 0 Å². The first-order valence-corrected chi connectivity index (χ1v) is 9.80. The molecule has 29 heavy (non-hydrogen) atoms. The van der Waals surface area contributed by atoms with Crippen molar-refractivity contribution in [2.24, 2.45) is 0 Å². The van der Waals surface area contributed by atoms with Crippen molar-refractivity contribution >= 4 is 26.6 Å². The summed E-state index contributed by atoms with van der Waals surface area (Å²) in [5, 5.41) is 12.4. The van der Waals surface area contributed by atoms with Crippen LogP contribution in [0.15, 0.2) is 41.3 Å². The monoisotopic (exact) mass is 418 g/mol. The van der Waals surface area contributed by atoms with E-state index in [2.05, 4.69) is 4.98 Å². The van der Waals surface area contributed by atoms with Crippen LogP contribution in [0.2, 0.25) is 0 Å². The molecule has 0 spiro atoms. The summed E-state index contributed by atoms with van der Waals surface area (Å²) in [6.07, 6.45) is 0. The van der Waals surface area contributed by atoms with E-state index in [-0.39, 0.29) is 16.5 Å². The summed E-state index contributed by atoms with van der Waals surface area (Å²) >= 11 is 0. The predicted octanol–water partition coefficient (Wildman–Crippen LogP) is 3.54. The van der Waals surface area contributed by atoms with Gasteiger partial charge in [-0.15, -0.1) is 0 Å². The molecule has 0 aliphatic rings. The number of pyridine rings is 1. The normalized spacial score (nSPS) is 11.3. The van der Waals surface area contributed by atoms with E-state index < -0.39 is 15.0 Å². The molecule has 0 saturated heterocycles. The van der Waals surface area contributed by atoms with Gasteiger partial charge >= 0.3 is 10.1 Å². The summed E-state index contributed by atoms with van der Waals surface area (Å²) in [5.41, 5.74) is 0.487. The van der Waals surface area contributed by atoms with Gasteiger partial charge in [0.15, 0.2) is 11.5 Å². The van der Waals surface area contributed by atoms with E-state index in [1.54, 1.807) is 19.1 Å². The number of rotatable bonds is 6. The number of non-ortho nitro benzene ring substituents is 1. The molecule has 0 aliphatic heterocycles. The van der Waals surface area contributed by atoms with Crippen LogP contribution in [0.5, 0.6) is 17.4 Å². The van der Waals surface area contributed by atoms with Gasteiger partial charge in [0.1, 0.15) is 4.90 Å². The van der Waals surface area contributed by atoms with E-state index in [4.69, 9.17) is 13.7 Å². The van der Waals surface area contributed by atoms with Gasteiger partial charge in [-0.25, -0.2) is 4.98 Å². The molecule has 2 aromatic carbocycles. The van der Waals surface area contributed by atoms with Gasteiger partial charge in [0.25, 0.3) is 5.69 Å². The largest absolute Gasteiger partial charge is 0.493 e. The third kappa shape index (κ3) is 3.92. The first-order chi connectivity index (χ1) is 13.7. The van der Waals surface area contributed by atoms with E-state index in [0.29, 0.717) is 28.1 Å². The minimum absolute atomic E-state index is 0.159. The first kappa shape index (κ1) is 20.3. The number of nitrogens with zero attached hydrogens (tertiary/aromatic N) is 2. The fourth-order valence-electron chi connectivity index (χ4n) is 2.89. The highest BCUT2D eigenvalue weighted by atomic mass is 32.2. The number of aryl methyl sites for hydroxylation is 2. The fourth-order valence-corrected chi connectivity index (χ4v) is 4.02. The molecule has 152 valence electrons. The van der Waals surface area contributed by atoms with Gasteiger partial charge in [-0.2, -0.15) is 8.42 Å². The maximum Gasteiger partial charge on any atom is 0.341 e. The zero-order valence-electron chi connectivity index (χ0n) is 16.1. The molecule has 0 N–H and O–H groups in total. The molecule has 0 amide bonds. The Labute approximate surface area is 167 Å². The van der Waals surface area contributed by atoms with Crippen molar-refractivity contribution in [1.82, 2.24) is 4.98 Å². The fraction of sp³-hybridized carbons (Fsp3) is 0.211. The predicted molar refractivity (Wildman–Crippen MR) is 105 cm³/mol. The number of aromatic nitrogens is 1. The molecule has 0 saturated carbocycles. The highest BCUT2D eigenvalue weighted by Gasteiger charge is 2.24. The van der Waals surface area contributed by atoms with Crippen LogP contribution in [0, 0.1) is 24.0 Å². The van der Waals surface area contributed by atoms with Crippen LogP contribution in [0.4, 0.5) is 5.69 Å². The van der Waals surface area contributed by atoms with E-state index in [1.165, 1.54) is 39.3 Å². The molecule has 10 heteroatoms. The summed E-state index contributed by atoms with van der Waals surface area (Å²) < 4.78 is 41.2. The van der Waals surface area contributed by atoms with Crippen molar-refractivity contribution in [3.8, 4) is 17.4 Å². The molecule has 9 nitrogen and oxygen atoms in total.